The molecule has 0 fully saturated rings. The third kappa shape index (κ3) is 1.89. The van der Waals surface area contributed by atoms with Crippen molar-refractivity contribution in [1.82, 2.24) is 20.2 Å². The second kappa shape index (κ2) is 5.40. The van der Waals surface area contributed by atoms with E-state index in [4.69, 9.17) is 0 Å². The first-order valence-electron chi connectivity index (χ1n) is 8.03. The minimum Gasteiger partial charge on any atom is -0.280 e. The van der Waals surface area contributed by atoms with Gasteiger partial charge in [-0.3, -0.25) is 10.3 Å². The SMILES string of the molecule is CSC1=NNC2c3c(sc4c3CC[C@H](C)C4)-n3c(SC)nnc3N12. The fourth-order valence-corrected chi connectivity index (χ4v) is 6.42. The average Bonchev–Trinajstić information content (AvgIpc) is 3.27. The van der Waals surface area contributed by atoms with Gasteiger partial charge in [-0.1, -0.05) is 30.4 Å². The molecular formula is C15H18N6S3. The molecule has 24 heavy (non-hydrogen) atoms. The van der Waals surface area contributed by atoms with Crippen molar-refractivity contribution in [2.75, 3.05) is 17.4 Å². The highest BCUT2D eigenvalue weighted by Gasteiger charge is 2.44. The highest BCUT2D eigenvalue weighted by molar-refractivity contribution is 8.13. The number of thioether (sulfide) groups is 2. The van der Waals surface area contributed by atoms with Crippen LogP contribution in [-0.2, 0) is 12.8 Å². The summed E-state index contributed by atoms with van der Waals surface area (Å²) in [6.45, 7) is 2.36. The largest absolute Gasteiger partial charge is 0.280 e. The first-order valence-corrected chi connectivity index (χ1v) is 11.3. The Morgan fingerprint density at radius 2 is 2.12 bits per heavy atom. The van der Waals surface area contributed by atoms with Gasteiger partial charge in [0.1, 0.15) is 5.00 Å². The summed E-state index contributed by atoms with van der Waals surface area (Å²) in [7, 11) is 0. The maximum absolute atomic E-state index is 4.55. The summed E-state index contributed by atoms with van der Waals surface area (Å²) in [5.41, 5.74) is 6.26. The lowest BCUT2D eigenvalue weighted by Gasteiger charge is -2.31. The summed E-state index contributed by atoms with van der Waals surface area (Å²) in [6.07, 6.45) is 7.78. The van der Waals surface area contributed by atoms with Crippen LogP contribution in [0, 0.1) is 5.92 Å². The lowest BCUT2D eigenvalue weighted by atomic mass is 9.87. The summed E-state index contributed by atoms with van der Waals surface area (Å²) in [4.78, 5) is 3.73. The Kier molecular flexibility index (Phi) is 3.40. The van der Waals surface area contributed by atoms with Gasteiger partial charge >= 0.3 is 0 Å². The van der Waals surface area contributed by atoms with Crippen molar-refractivity contribution < 1.29 is 0 Å². The van der Waals surface area contributed by atoms with Gasteiger partial charge in [-0.25, -0.2) is 4.57 Å². The van der Waals surface area contributed by atoms with Crippen LogP contribution in [0.4, 0.5) is 5.95 Å². The van der Waals surface area contributed by atoms with E-state index in [1.54, 1.807) is 23.5 Å². The molecule has 1 N–H and O–H groups in total. The maximum Gasteiger partial charge on any atom is 0.241 e. The van der Waals surface area contributed by atoms with E-state index < -0.39 is 0 Å². The number of rotatable bonds is 1. The average molecular weight is 379 g/mol. The van der Waals surface area contributed by atoms with Crippen LogP contribution in [0.3, 0.4) is 0 Å². The number of hydrogen-bond donors (Lipinski definition) is 1. The molecule has 0 spiro atoms. The molecule has 2 aromatic rings. The molecule has 9 heteroatoms. The molecule has 0 bridgehead atoms. The van der Waals surface area contributed by atoms with Crippen LogP contribution in [0.15, 0.2) is 10.3 Å². The van der Waals surface area contributed by atoms with Gasteiger partial charge in [0, 0.05) is 10.4 Å². The number of fused-ring (bicyclic) bond motifs is 8. The number of nitrogens with zero attached hydrogens (tertiary/aromatic N) is 5. The van der Waals surface area contributed by atoms with E-state index >= 15 is 0 Å². The molecule has 0 radical (unpaired) electrons. The van der Waals surface area contributed by atoms with Crippen LogP contribution >= 0.6 is 34.9 Å². The standard InChI is InChI=1S/C15H18N6S3/c1-7-4-5-8-9(6-7)24-12-10(8)11-16-18-14(22-2)20(11)13-17-19-15(23-3)21(12)13/h7,11,16H,4-6H2,1-3H3/t7-,11?/m0/s1. The van der Waals surface area contributed by atoms with Crippen LogP contribution in [0.1, 0.15) is 35.5 Å². The lowest BCUT2D eigenvalue weighted by molar-refractivity contribution is 0.498. The van der Waals surface area contributed by atoms with Crippen molar-refractivity contribution in [3.05, 3.63) is 16.0 Å². The highest BCUT2D eigenvalue weighted by atomic mass is 32.2. The Labute approximate surface area is 153 Å². The number of anilines is 1. The molecule has 1 unspecified atom stereocenters. The first kappa shape index (κ1) is 15.1. The number of hydrogen-bond acceptors (Lipinski definition) is 8. The molecule has 126 valence electrons. The number of aromatic nitrogens is 3. The van der Waals surface area contributed by atoms with Crippen LogP contribution in [-0.4, -0.2) is 32.4 Å². The molecule has 0 saturated heterocycles. The van der Waals surface area contributed by atoms with Gasteiger partial charge in [0.15, 0.2) is 16.5 Å². The minimum absolute atomic E-state index is 0.0577. The van der Waals surface area contributed by atoms with Crippen molar-refractivity contribution in [3.63, 3.8) is 0 Å². The van der Waals surface area contributed by atoms with Gasteiger partial charge in [-0.05, 0) is 43.3 Å². The third-order valence-electron chi connectivity index (χ3n) is 4.95. The molecule has 6 nitrogen and oxygen atoms in total. The molecule has 2 atom stereocenters. The summed E-state index contributed by atoms with van der Waals surface area (Å²) >= 11 is 5.21. The van der Waals surface area contributed by atoms with E-state index in [0.717, 1.165) is 28.6 Å². The van der Waals surface area contributed by atoms with Crippen molar-refractivity contribution in [3.8, 4) is 5.00 Å². The van der Waals surface area contributed by atoms with E-state index in [2.05, 4.69) is 49.6 Å². The van der Waals surface area contributed by atoms with Gasteiger partial charge < -0.3 is 0 Å². The molecule has 0 amide bonds. The van der Waals surface area contributed by atoms with E-state index in [0.29, 0.717) is 0 Å². The summed E-state index contributed by atoms with van der Waals surface area (Å²) < 4.78 is 2.23. The van der Waals surface area contributed by atoms with Crippen LogP contribution in [0.25, 0.3) is 5.00 Å². The summed E-state index contributed by atoms with van der Waals surface area (Å²) in [6, 6.07) is 0. The zero-order valence-electron chi connectivity index (χ0n) is 13.7. The zero-order chi connectivity index (χ0) is 16.4. The summed E-state index contributed by atoms with van der Waals surface area (Å²) in [5, 5.41) is 16.6. The first-order chi connectivity index (χ1) is 11.7. The van der Waals surface area contributed by atoms with E-state index in [1.165, 1.54) is 33.8 Å². The van der Waals surface area contributed by atoms with E-state index in [9.17, 15) is 0 Å². The molecule has 0 aromatic carbocycles. The van der Waals surface area contributed by atoms with E-state index in [1.807, 2.05) is 11.3 Å². The number of thiophene rings is 1. The quantitative estimate of drug-likeness (QED) is 0.769. The van der Waals surface area contributed by atoms with Crippen molar-refractivity contribution >= 4 is 46.0 Å². The molecule has 4 heterocycles. The van der Waals surface area contributed by atoms with E-state index in [-0.39, 0.29) is 6.17 Å². The predicted molar refractivity (Wildman–Crippen MR) is 102 cm³/mol. The third-order valence-corrected chi connectivity index (χ3v) is 7.49. The molecule has 2 aliphatic heterocycles. The van der Waals surface area contributed by atoms with Crippen LogP contribution < -0.4 is 10.3 Å². The molecule has 3 aliphatic rings. The van der Waals surface area contributed by atoms with Crippen LogP contribution in [0.5, 0.6) is 0 Å². The number of amidine groups is 1. The van der Waals surface area contributed by atoms with Crippen molar-refractivity contribution in [1.29, 1.82) is 0 Å². The second-order valence-corrected chi connectivity index (χ2v) is 9.02. The molecule has 0 saturated carbocycles. The Morgan fingerprint density at radius 1 is 1.25 bits per heavy atom. The number of hydrazone groups is 1. The molecule has 5 rings (SSSR count). The van der Waals surface area contributed by atoms with Gasteiger partial charge in [-0.2, -0.15) is 5.10 Å². The Morgan fingerprint density at radius 3 is 2.92 bits per heavy atom. The summed E-state index contributed by atoms with van der Waals surface area (Å²) in [5.74, 6) is 1.64. The van der Waals surface area contributed by atoms with Gasteiger partial charge in [0.25, 0.3) is 0 Å². The Bertz CT molecular complexity index is 854. The van der Waals surface area contributed by atoms with Crippen molar-refractivity contribution in [2.45, 2.75) is 37.5 Å². The highest BCUT2D eigenvalue weighted by Crippen LogP contribution is 2.49. The normalized spacial score (nSPS) is 24.0. The van der Waals surface area contributed by atoms with Gasteiger partial charge in [-0.15, -0.1) is 21.5 Å². The maximum atomic E-state index is 4.55. The lowest BCUT2D eigenvalue weighted by Crippen LogP contribution is -2.38. The smallest absolute Gasteiger partial charge is 0.241 e. The zero-order valence-corrected chi connectivity index (χ0v) is 16.2. The van der Waals surface area contributed by atoms with Crippen molar-refractivity contribution in [2.24, 2.45) is 11.0 Å². The van der Waals surface area contributed by atoms with Crippen LogP contribution in [0.2, 0.25) is 0 Å². The molecule has 1 aliphatic carbocycles. The van der Waals surface area contributed by atoms with Gasteiger partial charge in [0.05, 0.1) is 0 Å². The van der Waals surface area contributed by atoms with Gasteiger partial charge in [0.2, 0.25) is 5.95 Å². The fraction of sp³-hybridized carbons (Fsp3) is 0.533. The monoisotopic (exact) mass is 378 g/mol. The topological polar surface area (TPSA) is 58.3 Å². The minimum atomic E-state index is 0.0577. The fourth-order valence-electron chi connectivity index (χ4n) is 3.81. The predicted octanol–water partition coefficient (Wildman–Crippen LogP) is 3.23. The number of nitrogens with one attached hydrogen (secondary N) is 1. The molecular weight excluding hydrogens is 360 g/mol. The molecule has 2 aromatic heterocycles. The second-order valence-electron chi connectivity index (χ2n) is 6.39. The Hall–Kier alpha value is -1.19. The Balaban J connectivity index is 1.76.